The van der Waals surface area contributed by atoms with Gasteiger partial charge in [-0.05, 0) is 19.4 Å². The Morgan fingerprint density at radius 3 is 2.89 bits per heavy atom. The van der Waals surface area contributed by atoms with Crippen LogP contribution in [0.15, 0.2) is 10.6 Å². The molecule has 3 aliphatic heterocycles. The number of carbonyl (C=O) groups excluding carboxylic acids is 2. The second-order valence-electron chi connectivity index (χ2n) is 4.98. The van der Waals surface area contributed by atoms with Gasteiger partial charge < -0.3 is 14.2 Å². The molecule has 5 atom stereocenters. The van der Waals surface area contributed by atoms with Gasteiger partial charge in [-0.2, -0.15) is 0 Å². The first-order valence-electron chi connectivity index (χ1n) is 6.49. The largest absolute Gasteiger partial charge is 0.466 e. The van der Waals surface area contributed by atoms with Crippen LogP contribution in [0.4, 0.5) is 0 Å². The normalized spacial score (nSPS) is 42.9. The monoisotopic (exact) mass is 330 g/mol. The Morgan fingerprint density at radius 2 is 2.26 bits per heavy atom. The second kappa shape index (κ2) is 4.31. The van der Waals surface area contributed by atoms with Gasteiger partial charge in [0.2, 0.25) is 0 Å². The molecule has 2 fully saturated rings. The second-order valence-corrected chi connectivity index (χ2v) is 5.83. The van der Waals surface area contributed by atoms with Crippen molar-refractivity contribution in [3.05, 3.63) is 10.6 Å². The zero-order chi connectivity index (χ0) is 13.8. The lowest BCUT2D eigenvalue weighted by Crippen LogP contribution is -2.44. The molecule has 2 saturated heterocycles. The van der Waals surface area contributed by atoms with Crippen LogP contribution in [0.5, 0.6) is 0 Å². The smallest absolute Gasteiger partial charge is 0.313 e. The summed E-state index contributed by atoms with van der Waals surface area (Å²) in [6, 6.07) is 0. The molecular formula is C13H15BrO5. The number of carbonyl (C=O) groups is 2. The third-order valence-corrected chi connectivity index (χ3v) is 4.99. The summed E-state index contributed by atoms with van der Waals surface area (Å²) in [6.45, 7) is 3.97. The van der Waals surface area contributed by atoms with E-state index in [9.17, 15) is 9.59 Å². The van der Waals surface area contributed by atoms with Crippen LogP contribution in [0.1, 0.15) is 20.3 Å². The SMILES string of the molecule is CCOC(=O)[C@@H]1[C@@H]2C=C(Br)[C@]3(O2)[C@@H](CC)OC(=O)[C@@H]13. The molecule has 2 bridgehead atoms. The molecule has 3 aliphatic rings. The lowest BCUT2D eigenvalue weighted by molar-refractivity contribution is -0.158. The Bertz CT molecular complexity index is 474. The predicted molar refractivity (Wildman–Crippen MR) is 68.4 cm³/mol. The highest BCUT2D eigenvalue weighted by atomic mass is 79.9. The number of fused-ring (bicyclic) bond motifs is 1. The van der Waals surface area contributed by atoms with Crippen LogP contribution in [0, 0.1) is 11.8 Å². The first-order chi connectivity index (χ1) is 9.06. The summed E-state index contributed by atoms with van der Waals surface area (Å²) in [5.74, 6) is -1.94. The van der Waals surface area contributed by atoms with Gasteiger partial charge in [0.05, 0.1) is 12.7 Å². The van der Waals surface area contributed by atoms with Crippen molar-refractivity contribution < 1.29 is 23.8 Å². The highest BCUT2D eigenvalue weighted by Gasteiger charge is 2.73. The average molecular weight is 331 g/mol. The van der Waals surface area contributed by atoms with Gasteiger partial charge in [-0.25, -0.2) is 0 Å². The van der Waals surface area contributed by atoms with E-state index >= 15 is 0 Å². The summed E-state index contributed by atoms with van der Waals surface area (Å²) >= 11 is 3.47. The first kappa shape index (κ1) is 13.1. The van der Waals surface area contributed by atoms with Gasteiger partial charge in [0, 0.05) is 4.48 Å². The fourth-order valence-electron chi connectivity index (χ4n) is 3.39. The van der Waals surface area contributed by atoms with Crippen molar-refractivity contribution in [2.24, 2.45) is 11.8 Å². The van der Waals surface area contributed by atoms with Crippen LogP contribution in [-0.2, 0) is 23.8 Å². The van der Waals surface area contributed by atoms with Gasteiger partial charge in [-0.15, -0.1) is 0 Å². The van der Waals surface area contributed by atoms with Crippen LogP contribution in [-0.4, -0.2) is 36.4 Å². The molecule has 0 amide bonds. The van der Waals surface area contributed by atoms with E-state index in [2.05, 4.69) is 15.9 Å². The Labute approximate surface area is 119 Å². The minimum Gasteiger partial charge on any atom is -0.466 e. The standard InChI is InChI=1S/C13H15BrO5/c1-3-8-13-7(14)5-6(19-13)9(11(15)17-4-2)10(13)12(16)18-8/h5-6,8-10H,3-4H2,1-2H3/t6-,8+,9+,10+,13-/m0/s1. The first-order valence-corrected chi connectivity index (χ1v) is 7.28. The molecule has 1 spiro atoms. The number of hydrogen-bond acceptors (Lipinski definition) is 5. The van der Waals surface area contributed by atoms with E-state index in [1.165, 1.54) is 0 Å². The molecule has 5 nitrogen and oxygen atoms in total. The van der Waals surface area contributed by atoms with Gasteiger partial charge in [-0.3, -0.25) is 9.59 Å². The number of rotatable bonds is 3. The van der Waals surface area contributed by atoms with Gasteiger partial charge in [-0.1, -0.05) is 22.9 Å². The number of cyclic esters (lactones) is 1. The van der Waals surface area contributed by atoms with Gasteiger partial charge >= 0.3 is 11.9 Å². The fraction of sp³-hybridized carbons (Fsp3) is 0.692. The lowest BCUT2D eigenvalue weighted by atomic mass is 9.74. The molecule has 3 rings (SSSR count). The molecule has 0 radical (unpaired) electrons. The van der Waals surface area contributed by atoms with Gasteiger partial charge in [0.1, 0.15) is 17.9 Å². The van der Waals surface area contributed by atoms with E-state index in [-0.39, 0.29) is 18.0 Å². The molecule has 0 N–H and O–H groups in total. The molecule has 0 unspecified atom stereocenters. The Hall–Kier alpha value is -0.880. The molecule has 0 saturated carbocycles. The highest BCUT2D eigenvalue weighted by Crippen LogP contribution is 2.59. The van der Waals surface area contributed by atoms with Crippen LogP contribution in [0.2, 0.25) is 0 Å². The van der Waals surface area contributed by atoms with E-state index in [4.69, 9.17) is 14.2 Å². The predicted octanol–water partition coefficient (Wildman–Crippen LogP) is 1.55. The van der Waals surface area contributed by atoms with Crippen molar-refractivity contribution >= 4 is 27.9 Å². The third-order valence-electron chi connectivity index (χ3n) is 4.11. The van der Waals surface area contributed by atoms with Crippen molar-refractivity contribution in [3.63, 3.8) is 0 Å². The molecular weight excluding hydrogens is 316 g/mol. The summed E-state index contributed by atoms with van der Waals surface area (Å²) in [7, 11) is 0. The summed E-state index contributed by atoms with van der Waals surface area (Å²) < 4.78 is 17.2. The van der Waals surface area contributed by atoms with Gasteiger partial charge in [0.15, 0.2) is 5.60 Å². The quantitative estimate of drug-likeness (QED) is 0.735. The average Bonchev–Trinajstić information content (AvgIpc) is 2.96. The van der Waals surface area contributed by atoms with Crippen LogP contribution < -0.4 is 0 Å². The van der Waals surface area contributed by atoms with Gasteiger partial charge in [0.25, 0.3) is 0 Å². The van der Waals surface area contributed by atoms with E-state index in [1.54, 1.807) is 6.92 Å². The summed E-state index contributed by atoms with van der Waals surface area (Å²) in [5.41, 5.74) is -0.825. The lowest BCUT2D eigenvalue weighted by Gasteiger charge is -2.29. The molecule has 0 aliphatic carbocycles. The van der Waals surface area contributed by atoms with Crippen LogP contribution in [0.25, 0.3) is 0 Å². The maximum Gasteiger partial charge on any atom is 0.313 e. The van der Waals surface area contributed by atoms with E-state index in [1.807, 2.05) is 13.0 Å². The van der Waals surface area contributed by atoms with E-state index in [0.717, 1.165) is 4.48 Å². The number of hydrogen-bond donors (Lipinski definition) is 0. The minimum absolute atomic E-state index is 0.291. The summed E-state index contributed by atoms with van der Waals surface area (Å²) in [4.78, 5) is 24.2. The number of halogens is 1. The highest BCUT2D eigenvalue weighted by molar-refractivity contribution is 9.11. The van der Waals surface area contributed by atoms with Crippen molar-refractivity contribution in [3.8, 4) is 0 Å². The van der Waals surface area contributed by atoms with Crippen molar-refractivity contribution in [2.75, 3.05) is 6.61 Å². The summed E-state index contributed by atoms with van der Waals surface area (Å²) in [5, 5.41) is 0. The fourth-order valence-corrected chi connectivity index (χ4v) is 4.25. The zero-order valence-corrected chi connectivity index (χ0v) is 12.3. The minimum atomic E-state index is -0.825. The topological polar surface area (TPSA) is 61.8 Å². The molecule has 19 heavy (non-hydrogen) atoms. The van der Waals surface area contributed by atoms with Crippen molar-refractivity contribution in [1.29, 1.82) is 0 Å². The van der Waals surface area contributed by atoms with E-state index < -0.39 is 23.5 Å². The Kier molecular flexibility index (Phi) is 2.98. The molecule has 6 heteroatoms. The molecule has 3 heterocycles. The van der Waals surface area contributed by atoms with Crippen molar-refractivity contribution in [1.82, 2.24) is 0 Å². The molecule has 0 aromatic carbocycles. The van der Waals surface area contributed by atoms with Crippen LogP contribution in [0.3, 0.4) is 0 Å². The number of ether oxygens (including phenoxy) is 3. The molecule has 0 aromatic rings. The zero-order valence-electron chi connectivity index (χ0n) is 10.7. The maximum atomic E-state index is 12.1. The maximum absolute atomic E-state index is 12.1. The van der Waals surface area contributed by atoms with Crippen molar-refractivity contribution in [2.45, 2.75) is 38.1 Å². The third kappa shape index (κ3) is 1.50. The Morgan fingerprint density at radius 1 is 1.53 bits per heavy atom. The number of esters is 2. The van der Waals surface area contributed by atoms with E-state index in [0.29, 0.717) is 13.0 Å². The summed E-state index contributed by atoms with van der Waals surface area (Å²) in [6.07, 6.45) is 1.75. The van der Waals surface area contributed by atoms with Crippen LogP contribution >= 0.6 is 15.9 Å². The molecule has 104 valence electrons. The Balaban J connectivity index is 2.01. The molecule has 0 aromatic heterocycles.